The van der Waals surface area contributed by atoms with E-state index >= 15 is 0 Å². The molecule has 2 aromatic carbocycles. The lowest BCUT2D eigenvalue weighted by molar-refractivity contribution is -0.0174. The molecule has 0 amide bonds. The van der Waals surface area contributed by atoms with Crippen LogP contribution in [0.3, 0.4) is 0 Å². The lowest BCUT2D eigenvalue weighted by Gasteiger charge is -2.44. The van der Waals surface area contributed by atoms with Crippen LogP contribution in [0.15, 0.2) is 60.2 Å². The van der Waals surface area contributed by atoms with E-state index in [9.17, 15) is 5.11 Å². The van der Waals surface area contributed by atoms with Crippen LogP contribution in [-0.4, -0.2) is 30.6 Å². The number of aliphatic hydroxyl groups is 1. The number of aryl methyl sites for hydroxylation is 1. The van der Waals surface area contributed by atoms with E-state index in [-0.39, 0.29) is 5.92 Å². The van der Waals surface area contributed by atoms with Crippen molar-refractivity contribution in [3.63, 3.8) is 0 Å². The molecule has 2 atom stereocenters. The van der Waals surface area contributed by atoms with Crippen molar-refractivity contribution in [3.8, 4) is 0 Å². The van der Waals surface area contributed by atoms with Crippen LogP contribution in [0.1, 0.15) is 36.0 Å². The van der Waals surface area contributed by atoms with Crippen LogP contribution >= 0.6 is 0 Å². The highest BCUT2D eigenvalue weighted by Crippen LogP contribution is 2.46. The lowest BCUT2D eigenvalue weighted by Crippen LogP contribution is -2.44. The third-order valence-corrected chi connectivity index (χ3v) is 5.26. The fourth-order valence-corrected chi connectivity index (χ4v) is 4.10. The summed E-state index contributed by atoms with van der Waals surface area (Å²) in [6.45, 7) is 2.98. The maximum absolute atomic E-state index is 12.0. The van der Waals surface area contributed by atoms with Crippen molar-refractivity contribution in [2.24, 2.45) is 5.92 Å². The summed E-state index contributed by atoms with van der Waals surface area (Å²) in [5, 5.41) is 12.0. The Hall–Kier alpha value is -1.90. The topological polar surface area (TPSA) is 23.5 Å². The van der Waals surface area contributed by atoms with Gasteiger partial charge < -0.3 is 10.0 Å². The summed E-state index contributed by atoms with van der Waals surface area (Å²) in [4.78, 5) is 2.19. The van der Waals surface area contributed by atoms with Gasteiger partial charge in [0.05, 0.1) is 0 Å². The average molecular weight is 335 g/mol. The lowest BCUT2D eigenvalue weighted by atomic mass is 9.67. The van der Waals surface area contributed by atoms with E-state index in [1.165, 1.54) is 5.56 Å². The van der Waals surface area contributed by atoms with E-state index in [4.69, 9.17) is 0 Å². The first kappa shape index (κ1) is 17.9. The molecule has 0 spiro atoms. The molecule has 0 saturated heterocycles. The summed E-state index contributed by atoms with van der Waals surface area (Å²) >= 11 is 0. The van der Waals surface area contributed by atoms with Crippen molar-refractivity contribution in [3.05, 3.63) is 76.9 Å². The molecule has 0 bridgehead atoms. The average Bonchev–Trinajstić information content (AvgIpc) is 2.59. The third-order valence-electron chi connectivity index (χ3n) is 5.26. The Morgan fingerprint density at radius 3 is 2.56 bits per heavy atom. The molecule has 1 N–H and O–H groups in total. The van der Waals surface area contributed by atoms with Crippen molar-refractivity contribution < 1.29 is 5.11 Å². The molecule has 25 heavy (non-hydrogen) atoms. The van der Waals surface area contributed by atoms with Gasteiger partial charge in [0, 0.05) is 12.5 Å². The molecule has 2 unspecified atom stereocenters. The number of nitrogens with zero attached hydrogens (tertiary/aromatic N) is 1. The van der Waals surface area contributed by atoms with Gasteiger partial charge in [-0.2, -0.15) is 0 Å². The summed E-state index contributed by atoms with van der Waals surface area (Å²) in [6.07, 6.45) is 5.33. The van der Waals surface area contributed by atoms with Gasteiger partial charge in [-0.3, -0.25) is 0 Å². The minimum Gasteiger partial charge on any atom is -0.380 e. The molecular formula is C23H29NO. The van der Waals surface area contributed by atoms with E-state index in [1.54, 1.807) is 0 Å². The molecule has 2 aromatic rings. The van der Waals surface area contributed by atoms with Crippen LogP contribution in [0.4, 0.5) is 0 Å². The quantitative estimate of drug-likeness (QED) is 0.881. The van der Waals surface area contributed by atoms with Gasteiger partial charge in [-0.25, -0.2) is 0 Å². The van der Waals surface area contributed by atoms with Crippen LogP contribution in [0.2, 0.25) is 0 Å². The minimum absolute atomic E-state index is 0.202. The van der Waals surface area contributed by atoms with Crippen LogP contribution in [0.25, 0.3) is 6.08 Å². The summed E-state index contributed by atoms with van der Waals surface area (Å²) in [5.41, 5.74) is 3.63. The van der Waals surface area contributed by atoms with Gasteiger partial charge in [0.15, 0.2) is 0 Å². The van der Waals surface area contributed by atoms with E-state index in [0.717, 1.165) is 42.5 Å². The van der Waals surface area contributed by atoms with Gasteiger partial charge in [-0.1, -0.05) is 66.2 Å². The second-order valence-corrected chi connectivity index (χ2v) is 7.57. The van der Waals surface area contributed by atoms with Gasteiger partial charge in [-0.15, -0.1) is 0 Å². The largest absolute Gasteiger partial charge is 0.380 e. The zero-order valence-corrected chi connectivity index (χ0v) is 15.6. The minimum atomic E-state index is -0.898. The normalized spacial score (nSPS) is 25.5. The molecule has 1 aliphatic rings. The van der Waals surface area contributed by atoms with Crippen molar-refractivity contribution in [2.45, 2.75) is 31.8 Å². The van der Waals surface area contributed by atoms with Gasteiger partial charge >= 0.3 is 0 Å². The van der Waals surface area contributed by atoms with E-state index in [1.807, 2.05) is 6.07 Å². The molecule has 2 nitrogen and oxygen atoms in total. The molecule has 1 fully saturated rings. The summed E-state index contributed by atoms with van der Waals surface area (Å²) in [5.74, 6) is 0.202. The number of benzene rings is 2. The van der Waals surface area contributed by atoms with E-state index < -0.39 is 5.60 Å². The van der Waals surface area contributed by atoms with Crippen molar-refractivity contribution in [1.82, 2.24) is 4.90 Å². The first-order valence-corrected chi connectivity index (χ1v) is 9.20. The maximum Gasteiger partial charge on any atom is 0.115 e. The SMILES string of the molecule is Cc1cccc(C2(O)/C(=C\c3ccccc3)CCCC2CN(C)C)c1. The van der Waals surface area contributed by atoms with Gasteiger partial charge in [0.2, 0.25) is 0 Å². The van der Waals surface area contributed by atoms with Crippen LogP contribution in [0, 0.1) is 12.8 Å². The molecule has 3 rings (SSSR count). The monoisotopic (exact) mass is 335 g/mol. The maximum atomic E-state index is 12.0. The van der Waals surface area contributed by atoms with Crippen molar-refractivity contribution in [2.75, 3.05) is 20.6 Å². The third kappa shape index (κ3) is 3.86. The Morgan fingerprint density at radius 1 is 1.12 bits per heavy atom. The number of hydrogen-bond acceptors (Lipinski definition) is 2. The first-order valence-electron chi connectivity index (χ1n) is 9.20. The number of hydrogen-bond donors (Lipinski definition) is 1. The summed E-state index contributed by atoms with van der Waals surface area (Å²) in [6, 6.07) is 18.7. The number of rotatable bonds is 4. The van der Waals surface area contributed by atoms with Crippen LogP contribution in [0.5, 0.6) is 0 Å². The first-order chi connectivity index (χ1) is 12.0. The predicted molar refractivity (Wildman–Crippen MR) is 105 cm³/mol. The van der Waals surface area contributed by atoms with Gasteiger partial charge in [-0.05, 0) is 57.0 Å². The molecule has 1 aliphatic carbocycles. The molecule has 0 heterocycles. The Balaban J connectivity index is 2.10. The second-order valence-electron chi connectivity index (χ2n) is 7.57. The predicted octanol–water partition coefficient (Wildman–Crippen LogP) is 4.63. The van der Waals surface area contributed by atoms with Gasteiger partial charge in [0.25, 0.3) is 0 Å². The van der Waals surface area contributed by atoms with E-state index in [0.29, 0.717) is 0 Å². The highest BCUT2D eigenvalue weighted by molar-refractivity contribution is 5.57. The Morgan fingerprint density at radius 2 is 1.88 bits per heavy atom. The highest BCUT2D eigenvalue weighted by Gasteiger charge is 2.44. The molecule has 0 radical (unpaired) electrons. The fraction of sp³-hybridized carbons (Fsp3) is 0.391. The zero-order chi connectivity index (χ0) is 17.9. The van der Waals surface area contributed by atoms with Crippen molar-refractivity contribution in [1.29, 1.82) is 0 Å². The molecule has 0 aromatic heterocycles. The molecule has 0 aliphatic heterocycles. The standard InChI is InChI=1S/C23H29NO/c1-18-9-7-12-20(15-18)23(25)21(16-19-10-5-4-6-11-19)13-8-14-22(23)17-24(2)3/h4-7,9-12,15-16,22,25H,8,13-14,17H2,1-3H3/b21-16-. The Bertz CT molecular complexity index is 735. The highest BCUT2D eigenvalue weighted by atomic mass is 16.3. The Labute approximate surface area is 151 Å². The van der Waals surface area contributed by atoms with Gasteiger partial charge in [0.1, 0.15) is 5.60 Å². The van der Waals surface area contributed by atoms with Crippen molar-refractivity contribution >= 4 is 6.08 Å². The molecule has 1 saturated carbocycles. The van der Waals surface area contributed by atoms with E-state index in [2.05, 4.69) is 80.5 Å². The molecular weight excluding hydrogens is 306 g/mol. The molecule has 132 valence electrons. The summed E-state index contributed by atoms with van der Waals surface area (Å²) < 4.78 is 0. The van der Waals surface area contributed by atoms with Crippen LogP contribution < -0.4 is 0 Å². The Kier molecular flexibility index (Phi) is 5.41. The summed E-state index contributed by atoms with van der Waals surface area (Å²) in [7, 11) is 4.18. The molecule has 2 heteroatoms. The fourth-order valence-electron chi connectivity index (χ4n) is 4.10. The second kappa shape index (κ2) is 7.55. The van der Waals surface area contributed by atoms with Crippen LogP contribution in [-0.2, 0) is 5.60 Å². The smallest absolute Gasteiger partial charge is 0.115 e. The zero-order valence-electron chi connectivity index (χ0n) is 15.6.